The standard InChI is InChI=1S/C10H10Br2O2/c1-6(11)9-7(10(13)14-2)4-3-5-8(9)12/h3-6H,1-2H3. The highest BCUT2D eigenvalue weighted by molar-refractivity contribution is 9.11. The van der Waals surface area contributed by atoms with E-state index in [1.54, 1.807) is 6.07 Å². The van der Waals surface area contributed by atoms with Crippen molar-refractivity contribution in [3.8, 4) is 0 Å². The second-order valence-electron chi connectivity index (χ2n) is 2.81. The number of carbonyl (C=O) groups excluding carboxylic acids is 1. The number of esters is 1. The molecule has 0 aliphatic heterocycles. The van der Waals surface area contributed by atoms with Crippen molar-refractivity contribution < 1.29 is 9.53 Å². The molecule has 76 valence electrons. The number of hydrogen-bond acceptors (Lipinski definition) is 2. The minimum atomic E-state index is -0.312. The van der Waals surface area contributed by atoms with E-state index in [9.17, 15) is 4.79 Å². The third kappa shape index (κ3) is 2.36. The van der Waals surface area contributed by atoms with Crippen LogP contribution >= 0.6 is 31.9 Å². The largest absolute Gasteiger partial charge is 0.465 e. The average molecular weight is 322 g/mol. The number of alkyl halides is 1. The lowest BCUT2D eigenvalue weighted by atomic mass is 10.1. The molecule has 2 nitrogen and oxygen atoms in total. The van der Waals surface area contributed by atoms with Crippen LogP contribution in [0.2, 0.25) is 0 Å². The Bertz CT molecular complexity index is 348. The molecule has 1 atom stereocenters. The van der Waals surface area contributed by atoms with Gasteiger partial charge in [-0.3, -0.25) is 0 Å². The summed E-state index contributed by atoms with van der Waals surface area (Å²) in [5, 5.41) is 0. The van der Waals surface area contributed by atoms with E-state index in [-0.39, 0.29) is 10.8 Å². The molecule has 1 aromatic carbocycles. The molecule has 0 spiro atoms. The van der Waals surface area contributed by atoms with E-state index in [1.807, 2.05) is 19.1 Å². The van der Waals surface area contributed by atoms with Gasteiger partial charge in [-0.1, -0.05) is 37.9 Å². The van der Waals surface area contributed by atoms with Crippen LogP contribution in [0.15, 0.2) is 22.7 Å². The van der Waals surface area contributed by atoms with E-state index in [2.05, 4.69) is 31.9 Å². The maximum absolute atomic E-state index is 11.4. The van der Waals surface area contributed by atoms with Crippen molar-refractivity contribution in [1.29, 1.82) is 0 Å². The van der Waals surface area contributed by atoms with Crippen LogP contribution in [0, 0.1) is 0 Å². The zero-order valence-electron chi connectivity index (χ0n) is 7.88. The normalized spacial score (nSPS) is 12.3. The lowest BCUT2D eigenvalue weighted by Gasteiger charge is -2.11. The Balaban J connectivity index is 3.28. The first-order valence-corrected chi connectivity index (χ1v) is 5.79. The summed E-state index contributed by atoms with van der Waals surface area (Å²) in [6.07, 6.45) is 0. The van der Waals surface area contributed by atoms with Gasteiger partial charge in [-0.25, -0.2) is 4.79 Å². The van der Waals surface area contributed by atoms with Crippen LogP contribution in [0.25, 0.3) is 0 Å². The highest BCUT2D eigenvalue weighted by atomic mass is 79.9. The molecule has 0 aliphatic rings. The van der Waals surface area contributed by atoms with Crippen molar-refractivity contribution in [2.45, 2.75) is 11.8 Å². The molecule has 0 fully saturated rings. The molecule has 0 heterocycles. The summed E-state index contributed by atoms with van der Waals surface area (Å²) in [5.74, 6) is -0.312. The second kappa shape index (κ2) is 4.94. The average Bonchev–Trinajstić information content (AvgIpc) is 2.15. The predicted octanol–water partition coefficient (Wildman–Crippen LogP) is 3.69. The number of carbonyl (C=O) groups is 1. The van der Waals surface area contributed by atoms with E-state index >= 15 is 0 Å². The molecule has 0 saturated heterocycles. The van der Waals surface area contributed by atoms with Crippen molar-refractivity contribution in [3.63, 3.8) is 0 Å². The minimum absolute atomic E-state index is 0.104. The van der Waals surface area contributed by atoms with Crippen LogP contribution in [0.4, 0.5) is 0 Å². The highest BCUT2D eigenvalue weighted by Crippen LogP contribution is 2.32. The smallest absolute Gasteiger partial charge is 0.338 e. The molecule has 0 aromatic heterocycles. The maximum atomic E-state index is 11.4. The Morgan fingerprint density at radius 2 is 2.14 bits per heavy atom. The molecule has 0 bridgehead atoms. The van der Waals surface area contributed by atoms with Crippen LogP contribution in [0.5, 0.6) is 0 Å². The van der Waals surface area contributed by atoms with Crippen molar-refractivity contribution in [3.05, 3.63) is 33.8 Å². The van der Waals surface area contributed by atoms with Gasteiger partial charge in [0.2, 0.25) is 0 Å². The number of rotatable bonds is 2. The SMILES string of the molecule is COC(=O)c1cccc(Br)c1C(C)Br. The number of ether oxygens (including phenoxy) is 1. The minimum Gasteiger partial charge on any atom is -0.465 e. The van der Waals surface area contributed by atoms with Gasteiger partial charge in [0.15, 0.2) is 0 Å². The van der Waals surface area contributed by atoms with Crippen molar-refractivity contribution in [2.24, 2.45) is 0 Å². The Hall–Kier alpha value is -0.350. The van der Waals surface area contributed by atoms with Crippen LogP contribution in [0.1, 0.15) is 27.7 Å². The van der Waals surface area contributed by atoms with E-state index in [1.165, 1.54) is 7.11 Å². The van der Waals surface area contributed by atoms with Gasteiger partial charge >= 0.3 is 5.97 Å². The van der Waals surface area contributed by atoms with Crippen LogP contribution in [-0.2, 0) is 4.74 Å². The Morgan fingerprint density at radius 1 is 1.50 bits per heavy atom. The third-order valence-electron chi connectivity index (χ3n) is 1.86. The summed E-state index contributed by atoms with van der Waals surface area (Å²) < 4.78 is 5.61. The molecule has 0 aliphatic carbocycles. The molecule has 1 aromatic rings. The van der Waals surface area contributed by atoms with Gasteiger partial charge in [0.1, 0.15) is 0 Å². The first kappa shape index (κ1) is 11.7. The maximum Gasteiger partial charge on any atom is 0.338 e. The van der Waals surface area contributed by atoms with Gasteiger partial charge < -0.3 is 4.74 Å². The second-order valence-corrected chi connectivity index (χ2v) is 5.04. The number of hydrogen-bond donors (Lipinski definition) is 0. The fourth-order valence-corrected chi connectivity index (χ4v) is 2.74. The van der Waals surface area contributed by atoms with Crippen molar-refractivity contribution in [1.82, 2.24) is 0 Å². The zero-order chi connectivity index (χ0) is 10.7. The third-order valence-corrected chi connectivity index (χ3v) is 3.01. The molecule has 0 N–H and O–H groups in total. The summed E-state index contributed by atoms with van der Waals surface area (Å²) in [4.78, 5) is 11.5. The van der Waals surface area contributed by atoms with Crippen molar-refractivity contribution in [2.75, 3.05) is 7.11 Å². The van der Waals surface area contributed by atoms with Gasteiger partial charge in [0, 0.05) is 9.30 Å². The van der Waals surface area contributed by atoms with E-state index in [0.717, 1.165) is 10.0 Å². The summed E-state index contributed by atoms with van der Waals surface area (Å²) in [5.41, 5.74) is 1.51. The molecule has 0 radical (unpaired) electrons. The van der Waals surface area contributed by atoms with Crippen LogP contribution < -0.4 is 0 Å². The van der Waals surface area contributed by atoms with Crippen molar-refractivity contribution >= 4 is 37.8 Å². The quantitative estimate of drug-likeness (QED) is 0.613. The molecule has 0 amide bonds. The van der Waals surface area contributed by atoms with Crippen LogP contribution in [0.3, 0.4) is 0 Å². The molecule has 4 heteroatoms. The van der Waals surface area contributed by atoms with Gasteiger partial charge in [-0.05, 0) is 24.6 Å². The Labute approximate surface area is 99.9 Å². The summed E-state index contributed by atoms with van der Waals surface area (Å²) in [6, 6.07) is 5.47. The first-order valence-electron chi connectivity index (χ1n) is 4.08. The van der Waals surface area contributed by atoms with E-state index in [0.29, 0.717) is 5.56 Å². The number of benzene rings is 1. The monoisotopic (exact) mass is 320 g/mol. The predicted molar refractivity (Wildman–Crippen MR) is 62.8 cm³/mol. The molecular weight excluding hydrogens is 312 g/mol. The lowest BCUT2D eigenvalue weighted by molar-refractivity contribution is 0.0599. The summed E-state index contributed by atoms with van der Waals surface area (Å²) in [6.45, 7) is 1.96. The van der Waals surface area contributed by atoms with Gasteiger partial charge in [-0.2, -0.15) is 0 Å². The zero-order valence-corrected chi connectivity index (χ0v) is 11.1. The fraction of sp³-hybridized carbons (Fsp3) is 0.300. The topological polar surface area (TPSA) is 26.3 Å². The van der Waals surface area contributed by atoms with E-state index < -0.39 is 0 Å². The Morgan fingerprint density at radius 3 is 2.64 bits per heavy atom. The molecule has 0 saturated carbocycles. The molecule has 14 heavy (non-hydrogen) atoms. The van der Waals surface area contributed by atoms with Crippen LogP contribution in [-0.4, -0.2) is 13.1 Å². The fourth-order valence-electron chi connectivity index (χ4n) is 1.23. The number of methoxy groups -OCH3 is 1. The van der Waals surface area contributed by atoms with Gasteiger partial charge in [0.25, 0.3) is 0 Å². The van der Waals surface area contributed by atoms with E-state index in [4.69, 9.17) is 4.74 Å². The highest BCUT2D eigenvalue weighted by Gasteiger charge is 2.17. The molecule has 1 unspecified atom stereocenters. The Kier molecular flexibility index (Phi) is 4.13. The molecule has 1 rings (SSSR count). The molecular formula is C10H10Br2O2. The van der Waals surface area contributed by atoms with Gasteiger partial charge in [-0.15, -0.1) is 0 Å². The lowest BCUT2D eigenvalue weighted by Crippen LogP contribution is -2.06. The summed E-state index contributed by atoms with van der Waals surface area (Å²) in [7, 11) is 1.38. The van der Waals surface area contributed by atoms with Gasteiger partial charge in [0.05, 0.1) is 12.7 Å². The number of halogens is 2. The first-order chi connectivity index (χ1) is 6.57. The summed E-state index contributed by atoms with van der Waals surface area (Å²) >= 11 is 6.85.